The van der Waals surface area contributed by atoms with Crippen molar-refractivity contribution >= 4 is 22.5 Å². The number of aromatic amines is 1. The second-order valence-electron chi connectivity index (χ2n) is 4.47. The number of rotatable bonds is 2. The van der Waals surface area contributed by atoms with Gasteiger partial charge in [0.2, 0.25) is 0 Å². The summed E-state index contributed by atoms with van der Waals surface area (Å²) in [5.41, 5.74) is 0.769. The summed E-state index contributed by atoms with van der Waals surface area (Å²) in [5.74, 6) is 0.611. The molecular weight excluding hydrogens is 278 g/mol. The van der Waals surface area contributed by atoms with Gasteiger partial charge in [-0.05, 0) is 13.8 Å². The molecule has 20 heavy (non-hydrogen) atoms. The molecule has 0 radical (unpaired) electrons. The molecule has 0 spiro atoms. The van der Waals surface area contributed by atoms with Crippen LogP contribution in [0.15, 0.2) is 15.0 Å². The second-order valence-corrected chi connectivity index (χ2v) is 5.32. The first-order chi connectivity index (χ1) is 9.52. The van der Waals surface area contributed by atoms with Gasteiger partial charge in [0, 0.05) is 24.7 Å². The van der Waals surface area contributed by atoms with Gasteiger partial charge in [-0.1, -0.05) is 0 Å². The molecule has 0 aromatic carbocycles. The Morgan fingerprint density at radius 2 is 2.10 bits per heavy atom. The molecule has 0 aliphatic heterocycles. The number of fused-ring (bicyclic) bond motifs is 1. The number of nitrogens with zero attached hydrogens (tertiary/aromatic N) is 4. The molecular formula is C12H13N5O2S. The highest BCUT2D eigenvalue weighted by molar-refractivity contribution is 7.13. The number of H-pyrrole nitrogens is 1. The lowest BCUT2D eigenvalue weighted by Crippen LogP contribution is -2.32. The van der Waals surface area contributed by atoms with Crippen molar-refractivity contribution in [2.45, 2.75) is 20.4 Å². The lowest BCUT2D eigenvalue weighted by atomic mass is 10.5. The first-order valence-electron chi connectivity index (χ1n) is 6.15. The Morgan fingerprint density at radius 1 is 1.35 bits per heavy atom. The van der Waals surface area contributed by atoms with E-state index < -0.39 is 11.2 Å². The second kappa shape index (κ2) is 4.41. The van der Waals surface area contributed by atoms with Gasteiger partial charge in [-0.25, -0.2) is 14.8 Å². The van der Waals surface area contributed by atoms with Crippen LogP contribution in [-0.2, 0) is 13.6 Å². The summed E-state index contributed by atoms with van der Waals surface area (Å²) in [4.78, 5) is 35.3. The van der Waals surface area contributed by atoms with Crippen molar-refractivity contribution in [3.05, 3.63) is 31.9 Å². The minimum atomic E-state index is -0.445. The Labute approximate surface area is 117 Å². The van der Waals surface area contributed by atoms with Gasteiger partial charge in [-0.2, -0.15) is 0 Å². The average Bonchev–Trinajstić information content (AvgIpc) is 2.99. The highest BCUT2D eigenvalue weighted by Gasteiger charge is 2.18. The van der Waals surface area contributed by atoms with E-state index in [-0.39, 0.29) is 5.52 Å². The summed E-state index contributed by atoms with van der Waals surface area (Å²) in [6.07, 6.45) is 0. The topological polar surface area (TPSA) is 85.6 Å². The number of hydrogen-bond donors (Lipinski definition) is 1. The largest absolute Gasteiger partial charge is 0.329 e. The van der Waals surface area contributed by atoms with Crippen molar-refractivity contribution in [2.24, 2.45) is 7.05 Å². The summed E-state index contributed by atoms with van der Waals surface area (Å²) in [6, 6.07) is 0. The van der Waals surface area contributed by atoms with E-state index in [1.165, 1.54) is 18.4 Å². The minimum Gasteiger partial charge on any atom is -0.308 e. The normalized spacial score (nSPS) is 11.3. The Hall–Kier alpha value is -2.22. The predicted molar refractivity (Wildman–Crippen MR) is 77.1 cm³/mol. The Kier molecular flexibility index (Phi) is 2.82. The lowest BCUT2D eigenvalue weighted by molar-refractivity contribution is 0.758. The predicted octanol–water partition coefficient (Wildman–Crippen LogP) is 0.875. The number of aryl methyl sites for hydroxylation is 2. The highest BCUT2D eigenvalue weighted by Crippen LogP contribution is 2.24. The molecule has 0 saturated heterocycles. The average molecular weight is 291 g/mol. The van der Waals surface area contributed by atoms with Crippen LogP contribution in [0, 0.1) is 6.92 Å². The van der Waals surface area contributed by atoms with E-state index in [1.807, 2.05) is 19.2 Å². The summed E-state index contributed by atoms with van der Waals surface area (Å²) in [6.45, 7) is 4.42. The van der Waals surface area contributed by atoms with Crippen molar-refractivity contribution < 1.29 is 0 Å². The maximum atomic E-state index is 12.1. The third-order valence-electron chi connectivity index (χ3n) is 3.13. The van der Waals surface area contributed by atoms with Gasteiger partial charge in [-0.3, -0.25) is 14.3 Å². The van der Waals surface area contributed by atoms with Crippen LogP contribution in [0.5, 0.6) is 0 Å². The van der Waals surface area contributed by atoms with Crippen molar-refractivity contribution in [1.82, 2.24) is 24.1 Å². The fourth-order valence-electron chi connectivity index (χ4n) is 2.09. The zero-order chi connectivity index (χ0) is 14.4. The summed E-state index contributed by atoms with van der Waals surface area (Å²) in [7, 11) is 1.43. The Bertz CT molecular complexity index is 914. The van der Waals surface area contributed by atoms with E-state index in [4.69, 9.17) is 0 Å². The van der Waals surface area contributed by atoms with Crippen molar-refractivity contribution in [3.63, 3.8) is 0 Å². The van der Waals surface area contributed by atoms with E-state index in [9.17, 15) is 9.59 Å². The molecule has 104 valence electrons. The first-order valence-corrected chi connectivity index (χ1v) is 7.03. The first kappa shape index (κ1) is 12.8. The van der Waals surface area contributed by atoms with Gasteiger partial charge < -0.3 is 4.57 Å². The number of aromatic nitrogens is 5. The van der Waals surface area contributed by atoms with Crippen LogP contribution in [0.3, 0.4) is 0 Å². The number of hydrogen-bond acceptors (Lipinski definition) is 5. The minimum absolute atomic E-state index is 0.261. The van der Waals surface area contributed by atoms with Crippen LogP contribution in [0.2, 0.25) is 0 Å². The van der Waals surface area contributed by atoms with Gasteiger partial charge in [0.1, 0.15) is 5.65 Å². The summed E-state index contributed by atoms with van der Waals surface area (Å²) >= 11 is 1.47. The van der Waals surface area contributed by atoms with Crippen LogP contribution < -0.4 is 11.2 Å². The maximum absolute atomic E-state index is 12.1. The molecule has 0 fully saturated rings. The zero-order valence-corrected chi connectivity index (χ0v) is 12.1. The lowest BCUT2D eigenvalue weighted by Gasteiger charge is -2.03. The molecule has 8 heteroatoms. The van der Waals surface area contributed by atoms with Gasteiger partial charge in [-0.15, -0.1) is 11.3 Å². The van der Waals surface area contributed by atoms with Crippen LogP contribution in [-0.4, -0.2) is 24.1 Å². The third-order valence-corrected chi connectivity index (χ3v) is 4.09. The number of nitrogens with one attached hydrogen (secondary N) is 1. The van der Waals surface area contributed by atoms with E-state index in [1.54, 1.807) is 4.57 Å². The fourth-order valence-corrected chi connectivity index (χ4v) is 2.89. The van der Waals surface area contributed by atoms with E-state index in [2.05, 4.69) is 15.0 Å². The zero-order valence-electron chi connectivity index (χ0n) is 11.3. The van der Waals surface area contributed by atoms with Gasteiger partial charge in [0.25, 0.3) is 5.56 Å². The molecule has 0 aliphatic carbocycles. The van der Waals surface area contributed by atoms with E-state index in [0.29, 0.717) is 18.0 Å². The molecule has 0 amide bonds. The van der Waals surface area contributed by atoms with Gasteiger partial charge >= 0.3 is 5.69 Å². The van der Waals surface area contributed by atoms with Crippen LogP contribution in [0.4, 0.5) is 0 Å². The van der Waals surface area contributed by atoms with Crippen LogP contribution in [0.25, 0.3) is 22.0 Å². The number of imidazole rings is 1. The molecule has 0 aliphatic rings. The van der Waals surface area contributed by atoms with Crippen LogP contribution >= 0.6 is 11.3 Å². The summed E-state index contributed by atoms with van der Waals surface area (Å²) in [5, 5.41) is 2.67. The molecule has 3 heterocycles. The quantitative estimate of drug-likeness (QED) is 0.759. The maximum Gasteiger partial charge on any atom is 0.329 e. The molecule has 7 nitrogen and oxygen atoms in total. The van der Waals surface area contributed by atoms with Crippen molar-refractivity contribution in [2.75, 3.05) is 0 Å². The smallest absolute Gasteiger partial charge is 0.308 e. The van der Waals surface area contributed by atoms with E-state index >= 15 is 0 Å². The van der Waals surface area contributed by atoms with Crippen LogP contribution in [0.1, 0.15) is 12.6 Å². The Balaban J connectivity index is 2.43. The highest BCUT2D eigenvalue weighted by atomic mass is 32.1. The summed E-state index contributed by atoms with van der Waals surface area (Å²) < 4.78 is 2.82. The molecule has 3 aromatic heterocycles. The molecule has 3 aromatic rings. The standard InChI is InChI=1S/C12H13N5O2S/c1-4-17-8-7(11(18)16(3)12(19)15-8)14-9(17)10-13-6(2)5-20-10/h5H,4H2,1-3H3,(H,15,19). The molecule has 0 unspecified atom stereocenters. The fraction of sp³-hybridized carbons (Fsp3) is 0.333. The van der Waals surface area contributed by atoms with Crippen molar-refractivity contribution in [1.29, 1.82) is 0 Å². The Morgan fingerprint density at radius 3 is 2.70 bits per heavy atom. The third kappa shape index (κ3) is 1.72. The van der Waals surface area contributed by atoms with Gasteiger partial charge in [0.05, 0.1) is 0 Å². The molecule has 0 saturated carbocycles. The molecule has 0 atom stereocenters. The van der Waals surface area contributed by atoms with Gasteiger partial charge in [0.15, 0.2) is 16.3 Å². The molecule has 3 rings (SSSR count). The SMILES string of the molecule is CCn1c(-c2nc(C)cs2)nc2c(=O)n(C)c(=O)[nH]c21. The molecule has 1 N–H and O–H groups in total. The number of thiazole rings is 1. The molecule has 0 bridgehead atoms. The van der Waals surface area contributed by atoms with Crippen molar-refractivity contribution in [3.8, 4) is 10.8 Å². The monoisotopic (exact) mass is 291 g/mol. The van der Waals surface area contributed by atoms with E-state index in [0.717, 1.165) is 15.3 Å².